The van der Waals surface area contributed by atoms with E-state index in [-0.39, 0.29) is 24.5 Å². The Labute approximate surface area is 136 Å². The van der Waals surface area contributed by atoms with E-state index < -0.39 is 0 Å². The highest BCUT2D eigenvalue weighted by molar-refractivity contribution is 5.95. The zero-order valence-corrected chi connectivity index (χ0v) is 13.1. The van der Waals surface area contributed by atoms with Gasteiger partial charge in [-0.2, -0.15) is 0 Å². The first-order chi connectivity index (χ1) is 11.1. The van der Waals surface area contributed by atoms with Crippen LogP contribution in [0, 0.1) is 5.92 Å². The third-order valence-electron chi connectivity index (χ3n) is 3.87. The fraction of sp³-hybridized carbons (Fsp3) is 0.412. The van der Waals surface area contributed by atoms with Crippen molar-refractivity contribution in [1.29, 1.82) is 0 Å². The number of benzene rings is 1. The summed E-state index contributed by atoms with van der Waals surface area (Å²) in [5.74, 6) is -0.0185. The van der Waals surface area contributed by atoms with E-state index in [4.69, 9.17) is 0 Å². The van der Waals surface area contributed by atoms with Crippen molar-refractivity contribution in [2.75, 3.05) is 31.6 Å². The van der Waals surface area contributed by atoms with Crippen LogP contribution in [0.15, 0.2) is 36.9 Å². The van der Waals surface area contributed by atoms with Crippen LogP contribution in [-0.4, -0.2) is 48.2 Å². The fourth-order valence-electron chi connectivity index (χ4n) is 2.57. The second-order valence-corrected chi connectivity index (χ2v) is 5.64. The molecule has 1 aliphatic heterocycles. The monoisotopic (exact) mass is 317 g/mol. The van der Waals surface area contributed by atoms with E-state index in [9.17, 15) is 14.7 Å². The van der Waals surface area contributed by atoms with Gasteiger partial charge in [0, 0.05) is 37.5 Å². The standard InChI is InChI=1S/C17H23N3O3/c1-2-9-18-16(22)14-5-7-15(8-6-14)19-17(23)20-10-3-4-13(11-20)12-21/h2,5-8,13,21H,1,3-4,9-12H2,(H,18,22)(H,19,23). The first-order valence-electron chi connectivity index (χ1n) is 7.80. The van der Waals surface area contributed by atoms with Gasteiger partial charge in [-0.3, -0.25) is 4.79 Å². The maximum atomic E-state index is 12.2. The van der Waals surface area contributed by atoms with E-state index >= 15 is 0 Å². The molecule has 1 aliphatic rings. The van der Waals surface area contributed by atoms with Gasteiger partial charge in [0.25, 0.3) is 5.91 Å². The number of amides is 3. The van der Waals surface area contributed by atoms with Gasteiger partial charge < -0.3 is 20.6 Å². The minimum Gasteiger partial charge on any atom is -0.396 e. The molecule has 1 aromatic rings. The molecule has 124 valence electrons. The van der Waals surface area contributed by atoms with E-state index in [1.54, 1.807) is 35.2 Å². The van der Waals surface area contributed by atoms with Crippen LogP contribution in [0.5, 0.6) is 0 Å². The SMILES string of the molecule is C=CCNC(=O)c1ccc(NC(=O)N2CCCC(CO)C2)cc1. The lowest BCUT2D eigenvalue weighted by molar-refractivity contribution is 0.0958. The minimum absolute atomic E-state index is 0.109. The van der Waals surface area contributed by atoms with Gasteiger partial charge in [0.2, 0.25) is 0 Å². The van der Waals surface area contributed by atoms with Crippen molar-refractivity contribution < 1.29 is 14.7 Å². The lowest BCUT2D eigenvalue weighted by Gasteiger charge is -2.31. The number of piperidine rings is 1. The van der Waals surface area contributed by atoms with Crippen LogP contribution in [0.1, 0.15) is 23.2 Å². The average Bonchev–Trinajstić information content (AvgIpc) is 2.60. The molecule has 3 N–H and O–H groups in total. The predicted octanol–water partition coefficient (Wildman–Crippen LogP) is 1.84. The van der Waals surface area contributed by atoms with Gasteiger partial charge in [-0.1, -0.05) is 6.08 Å². The topological polar surface area (TPSA) is 81.7 Å². The molecule has 1 heterocycles. The lowest BCUT2D eigenvalue weighted by atomic mass is 9.99. The molecule has 0 radical (unpaired) electrons. The second-order valence-electron chi connectivity index (χ2n) is 5.64. The minimum atomic E-state index is -0.176. The van der Waals surface area contributed by atoms with E-state index in [0.717, 1.165) is 12.8 Å². The summed E-state index contributed by atoms with van der Waals surface area (Å²) in [5.41, 5.74) is 1.17. The maximum absolute atomic E-state index is 12.2. The van der Waals surface area contributed by atoms with Gasteiger partial charge in [-0.05, 0) is 43.0 Å². The number of nitrogens with one attached hydrogen (secondary N) is 2. The van der Waals surface area contributed by atoms with Gasteiger partial charge in [-0.15, -0.1) is 6.58 Å². The number of aliphatic hydroxyl groups is 1. The number of rotatable bonds is 5. The quantitative estimate of drug-likeness (QED) is 0.725. The number of urea groups is 1. The molecule has 0 saturated carbocycles. The number of carbonyl (C=O) groups is 2. The molecule has 23 heavy (non-hydrogen) atoms. The Morgan fingerprint density at radius 3 is 2.74 bits per heavy atom. The van der Waals surface area contributed by atoms with Crippen molar-refractivity contribution >= 4 is 17.6 Å². The van der Waals surface area contributed by atoms with E-state index in [1.807, 2.05) is 0 Å². The molecule has 0 spiro atoms. The summed E-state index contributed by atoms with van der Waals surface area (Å²) >= 11 is 0. The molecule has 1 fully saturated rings. The van der Waals surface area contributed by atoms with Crippen LogP contribution >= 0.6 is 0 Å². The van der Waals surface area contributed by atoms with E-state index in [2.05, 4.69) is 17.2 Å². The molecule has 1 aromatic carbocycles. The van der Waals surface area contributed by atoms with Crippen molar-refractivity contribution in [2.24, 2.45) is 5.92 Å². The first kappa shape index (κ1) is 17.0. The Kier molecular flexibility index (Phi) is 6.17. The van der Waals surface area contributed by atoms with Gasteiger partial charge >= 0.3 is 6.03 Å². The number of anilines is 1. The average molecular weight is 317 g/mol. The molecule has 1 unspecified atom stereocenters. The third kappa shape index (κ3) is 4.82. The summed E-state index contributed by atoms with van der Waals surface area (Å²) < 4.78 is 0. The van der Waals surface area contributed by atoms with Crippen molar-refractivity contribution in [3.63, 3.8) is 0 Å². The van der Waals surface area contributed by atoms with Crippen LogP contribution in [-0.2, 0) is 0 Å². The van der Waals surface area contributed by atoms with Crippen LogP contribution in [0.2, 0.25) is 0 Å². The van der Waals surface area contributed by atoms with E-state index in [0.29, 0.717) is 30.9 Å². The van der Waals surface area contributed by atoms with Crippen LogP contribution in [0.4, 0.5) is 10.5 Å². The van der Waals surface area contributed by atoms with Crippen LogP contribution in [0.3, 0.4) is 0 Å². The molecular formula is C17H23N3O3. The fourth-order valence-corrected chi connectivity index (χ4v) is 2.57. The molecule has 0 aliphatic carbocycles. The van der Waals surface area contributed by atoms with Crippen molar-refractivity contribution in [1.82, 2.24) is 10.2 Å². The van der Waals surface area contributed by atoms with Gasteiger partial charge in [0.15, 0.2) is 0 Å². The number of hydrogen-bond acceptors (Lipinski definition) is 3. The molecule has 1 atom stereocenters. The Balaban J connectivity index is 1.91. The zero-order chi connectivity index (χ0) is 16.7. The van der Waals surface area contributed by atoms with Crippen LogP contribution in [0.25, 0.3) is 0 Å². The summed E-state index contributed by atoms with van der Waals surface area (Å²) in [6.07, 6.45) is 3.47. The van der Waals surface area contributed by atoms with Crippen molar-refractivity contribution in [3.05, 3.63) is 42.5 Å². The number of likely N-dealkylation sites (tertiary alicyclic amines) is 1. The van der Waals surface area contributed by atoms with Gasteiger partial charge in [-0.25, -0.2) is 4.79 Å². The summed E-state index contributed by atoms with van der Waals surface area (Å²) in [4.78, 5) is 25.7. The molecular weight excluding hydrogens is 294 g/mol. The Bertz CT molecular complexity index is 557. The second kappa shape index (κ2) is 8.33. The Hall–Kier alpha value is -2.34. The lowest BCUT2D eigenvalue weighted by Crippen LogP contribution is -2.43. The van der Waals surface area contributed by atoms with Crippen molar-refractivity contribution in [3.8, 4) is 0 Å². The first-order valence-corrected chi connectivity index (χ1v) is 7.80. The highest BCUT2D eigenvalue weighted by atomic mass is 16.3. The summed E-state index contributed by atoms with van der Waals surface area (Å²) in [5, 5.41) is 14.7. The summed E-state index contributed by atoms with van der Waals surface area (Å²) in [6.45, 7) is 5.34. The molecule has 1 saturated heterocycles. The Morgan fingerprint density at radius 1 is 1.35 bits per heavy atom. The molecule has 0 bridgehead atoms. The number of aliphatic hydroxyl groups excluding tert-OH is 1. The van der Waals surface area contributed by atoms with Crippen LogP contribution < -0.4 is 10.6 Å². The van der Waals surface area contributed by atoms with Gasteiger partial charge in [0.1, 0.15) is 0 Å². The Morgan fingerprint density at radius 2 is 2.09 bits per heavy atom. The molecule has 2 rings (SSSR count). The molecule has 6 nitrogen and oxygen atoms in total. The van der Waals surface area contributed by atoms with Gasteiger partial charge in [0.05, 0.1) is 0 Å². The van der Waals surface area contributed by atoms with Crippen molar-refractivity contribution in [2.45, 2.75) is 12.8 Å². The maximum Gasteiger partial charge on any atom is 0.321 e. The summed E-state index contributed by atoms with van der Waals surface area (Å²) in [7, 11) is 0. The number of hydrogen-bond donors (Lipinski definition) is 3. The number of nitrogens with zero attached hydrogens (tertiary/aromatic N) is 1. The van der Waals surface area contributed by atoms with E-state index in [1.165, 1.54) is 0 Å². The molecule has 3 amide bonds. The smallest absolute Gasteiger partial charge is 0.321 e. The normalized spacial score (nSPS) is 17.4. The highest BCUT2D eigenvalue weighted by Crippen LogP contribution is 2.17. The third-order valence-corrected chi connectivity index (χ3v) is 3.87. The predicted molar refractivity (Wildman–Crippen MR) is 89.4 cm³/mol. The zero-order valence-electron chi connectivity index (χ0n) is 13.1. The molecule has 0 aromatic heterocycles. The molecule has 6 heteroatoms. The largest absolute Gasteiger partial charge is 0.396 e. The summed E-state index contributed by atoms with van der Waals surface area (Å²) in [6, 6.07) is 6.57. The number of carbonyl (C=O) groups excluding carboxylic acids is 2. The highest BCUT2D eigenvalue weighted by Gasteiger charge is 2.23.